The SMILES string of the molecule is O=c1c2[nH]ccc2cc2n1CCC2. The van der Waals surface area contributed by atoms with Crippen LogP contribution in [-0.2, 0) is 13.0 Å². The molecular weight excluding hydrogens is 164 g/mol. The van der Waals surface area contributed by atoms with Gasteiger partial charge in [-0.25, -0.2) is 0 Å². The Morgan fingerprint density at radius 2 is 2.38 bits per heavy atom. The van der Waals surface area contributed by atoms with Crippen molar-refractivity contribution in [1.82, 2.24) is 9.55 Å². The highest BCUT2D eigenvalue weighted by atomic mass is 16.1. The molecule has 3 heterocycles. The van der Waals surface area contributed by atoms with Gasteiger partial charge >= 0.3 is 0 Å². The van der Waals surface area contributed by atoms with Crippen molar-refractivity contribution in [3.05, 3.63) is 34.4 Å². The third-order valence-electron chi connectivity index (χ3n) is 2.72. The molecule has 66 valence electrons. The Balaban J connectivity index is 2.53. The van der Waals surface area contributed by atoms with Crippen LogP contribution in [0.25, 0.3) is 10.9 Å². The first kappa shape index (κ1) is 6.95. The quantitative estimate of drug-likeness (QED) is 0.641. The summed E-state index contributed by atoms with van der Waals surface area (Å²) in [6.07, 6.45) is 3.96. The first-order valence-corrected chi connectivity index (χ1v) is 4.56. The number of H-pyrrole nitrogens is 1. The second-order valence-corrected chi connectivity index (χ2v) is 3.50. The van der Waals surface area contributed by atoms with Crippen LogP contribution < -0.4 is 5.56 Å². The number of aromatic amines is 1. The second-order valence-electron chi connectivity index (χ2n) is 3.50. The van der Waals surface area contributed by atoms with Gasteiger partial charge < -0.3 is 9.55 Å². The maximum Gasteiger partial charge on any atom is 0.275 e. The van der Waals surface area contributed by atoms with Gasteiger partial charge in [0.1, 0.15) is 5.52 Å². The highest BCUT2D eigenvalue weighted by Crippen LogP contribution is 2.16. The maximum atomic E-state index is 11.8. The van der Waals surface area contributed by atoms with Gasteiger partial charge in [-0.3, -0.25) is 4.79 Å². The third-order valence-corrected chi connectivity index (χ3v) is 2.72. The summed E-state index contributed by atoms with van der Waals surface area (Å²) in [5.41, 5.74) is 2.05. The fourth-order valence-corrected chi connectivity index (χ4v) is 2.08. The molecule has 0 bridgehead atoms. The smallest absolute Gasteiger partial charge is 0.275 e. The molecular formula is C10H10N2O. The van der Waals surface area contributed by atoms with E-state index in [0.717, 1.165) is 30.3 Å². The van der Waals surface area contributed by atoms with Crippen LogP contribution in [0.2, 0.25) is 0 Å². The number of aromatic nitrogens is 2. The van der Waals surface area contributed by atoms with Gasteiger partial charge in [0.05, 0.1) is 0 Å². The predicted octanol–water partition coefficient (Wildman–Crippen LogP) is 1.28. The van der Waals surface area contributed by atoms with E-state index in [1.807, 2.05) is 16.8 Å². The fraction of sp³-hybridized carbons (Fsp3) is 0.300. The lowest BCUT2D eigenvalue weighted by molar-refractivity contribution is 0.725. The van der Waals surface area contributed by atoms with E-state index in [0.29, 0.717) is 0 Å². The Bertz CT molecular complexity index is 521. The third kappa shape index (κ3) is 0.813. The van der Waals surface area contributed by atoms with Crippen LogP contribution in [0.4, 0.5) is 0 Å². The van der Waals surface area contributed by atoms with Crippen molar-refractivity contribution in [1.29, 1.82) is 0 Å². The summed E-state index contributed by atoms with van der Waals surface area (Å²) >= 11 is 0. The van der Waals surface area contributed by atoms with Gasteiger partial charge in [0.2, 0.25) is 0 Å². The van der Waals surface area contributed by atoms with Crippen molar-refractivity contribution < 1.29 is 0 Å². The summed E-state index contributed by atoms with van der Waals surface area (Å²) in [4.78, 5) is 14.8. The van der Waals surface area contributed by atoms with Gasteiger partial charge in [-0.2, -0.15) is 0 Å². The summed E-state index contributed by atoms with van der Waals surface area (Å²) in [7, 11) is 0. The lowest BCUT2D eigenvalue weighted by Gasteiger charge is -2.01. The lowest BCUT2D eigenvalue weighted by Crippen LogP contribution is -2.19. The summed E-state index contributed by atoms with van der Waals surface area (Å²) in [5, 5.41) is 1.04. The number of nitrogens with zero attached hydrogens (tertiary/aromatic N) is 1. The lowest BCUT2D eigenvalue weighted by atomic mass is 10.2. The minimum Gasteiger partial charge on any atom is -0.357 e. The minimum atomic E-state index is 0.134. The van der Waals surface area contributed by atoms with Gasteiger partial charge in [0.15, 0.2) is 0 Å². The Labute approximate surface area is 75.0 Å². The van der Waals surface area contributed by atoms with E-state index in [1.54, 1.807) is 0 Å². The topological polar surface area (TPSA) is 37.8 Å². The highest BCUT2D eigenvalue weighted by Gasteiger charge is 2.14. The van der Waals surface area contributed by atoms with Crippen molar-refractivity contribution in [2.75, 3.05) is 0 Å². The fourth-order valence-electron chi connectivity index (χ4n) is 2.08. The molecule has 0 aliphatic carbocycles. The van der Waals surface area contributed by atoms with Crippen LogP contribution in [0.15, 0.2) is 23.1 Å². The molecule has 0 radical (unpaired) electrons. The minimum absolute atomic E-state index is 0.134. The summed E-state index contributed by atoms with van der Waals surface area (Å²) < 4.78 is 1.87. The molecule has 0 aromatic carbocycles. The van der Waals surface area contributed by atoms with E-state index in [2.05, 4.69) is 11.1 Å². The zero-order valence-corrected chi connectivity index (χ0v) is 7.21. The number of fused-ring (bicyclic) bond motifs is 2. The van der Waals surface area contributed by atoms with Crippen molar-refractivity contribution >= 4 is 10.9 Å². The molecule has 0 unspecified atom stereocenters. The van der Waals surface area contributed by atoms with Crippen LogP contribution >= 0.6 is 0 Å². The zero-order chi connectivity index (χ0) is 8.84. The average molecular weight is 174 g/mol. The highest BCUT2D eigenvalue weighted by molar-refractivity contribution is 5.78. The first-order chi connectivity index (χ1) is 6.36. The molecule has 0 atom stereocenters. The standard InChI is InChI=1S/C10H10N2O/c13-10-9-7(3-4-11-9)6-8-2-1-5-12(8)10/h3-4,6,11H,1-2,5H2. The van der Waals surface area contributed by atoms with E-state index in [9.17, 15) is 4.79 Å². The van der Waals surface area contributed by atoms with Gasteiger partial charge in [0.25, 0.3) is 5.56 Å². The van der Waals surface area contributed by atoms with Crippen LogP contribution in [0.1, 0.15) is 12.1 Å². The Morgan fingerprint density at radius 1 is 1.46 bits per heavy atom. The molecule has 0 saturated heterocycles. The van der Waals surface area contributed by atoms with E-state index >= 15 is 0 Å². The molecule has 1 aliphatic heterocycles. The van der Waals surface area contributed by atoms with Crippen molar-refractivity contribution in [2.24, 2.45) is 0 Å². The normalized spacial score (nSPS) is 15.1. The molecule has 2 aromatic heterocycles. The number of pyridine rings is 1. The van der Waals surface area contributed by atoms with E-state index in [-0.39, 0.29) is 5.56 Å². The molecule has 0 fully saturated rings. The van der Waals surface area contributed by atoms with Crippen LogP contribution in [0, 0.1) is 0 Å². The van der Waals surface area contributed by atoms with Gasteiger partial charge in [0, 0.05) is 23.8 Å². The van der Waals surface area contributed by atoms with Gasteiger partial charge in [-0.15, -0.1) is 0 Å². The molecule has 1 aliphatic rings. The van der Waals surface area contributed by atoms with Crippen molar-refractivity contribution in [3.63, 3.8) is 0 Å². The maximum absolute atomic E-state index is 11.8. The average Bonchev–Trinajstić information content (AvgIpc) is 2.71. The number of hydrogen-bond acceptors (Lipinski definition) is 1. The molecule has 0 amide bonds. The Kier molecular flexibility index (Phi) is 1.20. The van der Waals surface area contributed by atoms with E-state index in [4.69, 9.17) is 0 Å². The van der Waals surface area contributed by atoms with E-state index < -0.39 is 0 Å². The monoisotopic (exact) mass is 174 g/mol. The number of rotatable bonds is 0. The molecule has 3 heteroatoms. The largest absolute Gasteiger partial charge is 0.357 e. The summed E-state index contributed by atoms with van der Waals surface area (Å²) in [6, 6.07) is 4.07. The Hall–Kier alpha value is -1.51. The molecule has 3 rings (SSSR count). The summed E-state index contributed by atoms with van der Waals surface area (Å²) in [5.74, 6) is 0. The number of hydrogen-bond donors (Lipinski definition) is 1. The van der Waals surface area contributed by atoms with Gasteiger partial charge in [-0.05, 0) is 25.0 Å². The molecule has 1 N–H and O–H groups in total. The second kappa shape index (κ2) is 2.25. The number of nitrogens with one attached hydrogen (secondary N) is 1. The molecule has 3 nitrogen and oxygen atoms in total. The molecule has 13 heavy (non-hydrogen) atoms. The van der Waals surface area contributed by atoms with E-state index in [1.165, 1.54) is 5.69 Å². The van der Waals surface area contributed by atoms with Crippen molar-refractivity contribution in [2.45, 2.75) is 19.4 Å². The molecule has 2 aromatic rings. The van der Waals surface area contributed by atoms with Crippen LogP contribution in [-0.4, -0.2) is 9.55 Å². The van der Waals surface area contributed by atoms with Crippen molar-refractivity contribution in [3.8, 4) is 0 Å². The van der Waals surface area contributed by atoms with Crippen LogP contribution in [0.5, 0.6) is 0 Å². The van der Waals surface area contributed by atoms with Crippen LogP contribution in [0.3, 0.4) is 0 Å². The number of aryl methyl sites for hydroxylation is 1. The molecule has 0 saturated carbocycles. The Morgan fingerprint density at radius 3 is 3.31 bits per heavy atom. The predicted molar refractivity (Wildman–Crippen MR) is 50.9 cm³/mol. The molecule has 0 spiro atoms. The summed E-state index contributed by atoms with van der Waals surface area (Å²) in [6.45, 7) is 0.878. The van der Waals surface area contributed by atoms with Gasteiger partial charge in [-0.1, -0.05) is 0 Å². The first-order valence-electron chi connectivity index (χ1n) is 4.56. The zero-order valence-electron chi connectivity index (χ0n) is 7.21.